The van der Waals surface area contributed by atoms with Gasteiger partial charge in [0.15, 0.2) is 23.3 Å². The molecule has 0 atom stereocenters. The van der Waals surface area contributed by atoms with Gasteiger partial charge in [0.2, 0.25) is 11.9 Å². The molecule has 0 fully saturated rings. The second-order valence-corrected chi connectivity index (χ2v) is 20.0. The van der Waals surface area contributed by atoms with Crippen molar-refractivity contribution in [1.82, 2.24) is 39.0 Å². The van der Waals surface area contributed by atoms with E-state index in [2.05, 4.69) is 189 Å². The van der Waals surface area contributed by atoms with Gasteiger partial charge in [0, 0.05) is 77.9 Å². The fourth-order valence-electron chi connectivity index (χ4n) is 11.2. The third-order valence-electron chi connectivity index (χ3n) is 15.0. The third kappa shape index (κ3) is 8.64. The Morgan fingerprint density at radius 2 is 0.451 bits per heavy atom. The average molecular weight is 1050 g/mol. The molecule has 0 spiro atoms. The van der Waals surface area contributed by atoms with Crippen molar-refractivity contribution in [2.45, 2.75) is 0 Å². The predicted molar refractivity (Wildman–Crippen MR) is 333 cm³/mol. The number of anilines is 6. The van der Waals surface area contributed by atoms with Gasteiger partial charge in [0.1, 0.15) is 0 Å². The summed E-state index contributed by atoms with van der Waals surface area (Å²) in [5.41, 5.74) is 13.3. The van der Waals surface area contributed by atoms with Crippen LogP contribution in [0.15, 0.2) is 291 Å². The van der Waals surface area contributed by atoms with Crippen LogP contribution in [0, 0.1) is 0 Å². The van der Waals surface area contributed by atoms with Crippen molar-refractivity contribution in [3.8, 4) is 57.4 Å². The summed E-state index contributed by atoms with van der Waals surface area (Å²) in [6, 6.07) is 101. The Balaban J connectivity index is 1.07. The Labute approximate surface area is 472 Å². The Morgan fingerprint density at radius 3 is 0.720 bits per heavy atom. The van der Waals surface area contributed by atoms with Crippen LogP contribution in [-0.2, 0) is 0 Å². The zero-order valence-electron chi connectivity index (χ0n) is 44.2. The molecule has 0 aliphatic carbocycles. The SMILES string of the molecule is c1ccc(-c2nc(-c3ccccc3)nc(-n3c4ccc(N(c5ccccc5)c5ccccc5)cc4c4cc5c(cc43)c3cc(N(c4ccccc4)c4ccccc4)ccc3n5-c3nc(-c4ccccc4)nc(-c4ccccc4)n3)n2)cc1. The van der Waals surface area contributed by atoms with Crippen LogP contribution in [0.2, 0.25) is 0 Å². The summed E-state index contributed by atoms with van der Waals surface area (Å²) in [5, 5.41) is 3.95. The van der Waals surface area contributed by atoms with E-state index in [0.29, 0.717) is 35.2 Å². The smallest absolute Gasteiger partial charge is 0.238 e. The van der Waals surface area contributed by atoms with E-state index in [-0.39, 0.29) is 0 Å². The first-order chi connectivity index (χ1) is 40.7. The first-order valence-corrected chi connectivity index (χ1v) is 27.3. The largest absolute Gasteiger partial charge is 0.310 e. The molecule has 0 saturated carbocycles. The minimum Gasteiger partial charge on any atom is -0.310 e. The van der Waals surface area contributed by atoms with E-state index in [1.165, 1.54) is 0 Å². The Bertz CT molecular complexity index is 4270. The maximum absolute atomic E-state index is 5.39. The number of para-hydroxylation sites is 4. The van der Waals surface area contributed by atoms with Crippen LogP contribution in [0.25, 0.3) is 101 Å². The monoisotopic (exact) mass is 1050 g/mol. The molecule has 0 radical (unpaired) electrons. The van der Waals surface area contributed by atoms with E-state index in [4.69, 9.17) is 29.9 Å². The number of rotatable bonds is 12. The van der Waals surface area contributed by atoms with E-state index < -0.39 is 0 Å². The summed E-state index contributed by atoms with van der Waals surface area (Å²) in [5.74, 6) is 3.25. The number of hydrogen-bond donors (Lipinski definition) is 0. The summed E-state index contributed by atoms with van der Waals surface area (Å²) in [4.78, 5) is 36.5. The highest BCUT2D eigenvalue weighted by atomic mass is 15.2. The van der Waals surface area contributed by atoms with Crippen LogP contribution in [0.1, 0.15) is 0 Å². The van der Waals surface area contributed by atoms with Crippen molar-refractivity contribution < 1.29 is 0 Å². The van der Waals surface area contributed by atoms with Crippen molar-refractivity contribution in [3.63, 3.8) is 0 Å². The standard InChI is InChI=1S/C72H48N10/c1-9-25-49(26-10-1)67-73-68(50-27-11-2-12-28-50)76-71(75-67)81-63-43-41-57(79(53-33-17-5-18-34-53)54-35-19-6-20-36-54)45-59(63)61-48-66-62(47-65(61)81)60-46-58(80(55-37-21-7-22-38-55)56-39-23-8-24-40-56)42-44-64(60)82(66)72-77-69(51-29-13-3-14-30-51)74-70(78-72)52-31-15-4-16-32-52/h1-48H. The quantitative estimate of drug-likeness (QED) is 0.119. The van der Waals surface area contributed by atoms with E-state index >= 15 is 0 Å². The molecule has 0 bridgehead atoms. The fourth-order valence-corrected chi connectivity index (χ4v) is 11.2. The second kappa shape index (κ2) is 20.5. The summed E-state index contributed by atoms with van der Waals surface area (Å²) in [6.45, 7) is 0. The molecule has 386 valence electrons. The van der Waals surface area contributed by atoms with Gasteiger partial charge in [-0.25, -0.2) is 9.97 Å². The zero-order chi connectivity index (χ0) is 54.3. The lowest BCUT2D eigenvalue weighted by Crippen LogP contribution is -2.09. The van der Waals surface area contributed by atoms with Crippen molar-refractivity contribution in [2.75, 3.05) is 9.80 Å². The van der Waals surface area contributed by atoms with Crippen LogP contribution in [-0.4, -0.2) is 39.0 Å². The summed E-state index contributed by atoms with van der Waals surface area (Å²) in [6.07, 6.45) is 0. The molecule has 4 heterocycles. The topological polar surface area (TPSA) is 93.7 Å². The van der Waals surface area contributed by atoms with E-state index in [1.54, 1.807) is 0 Å². The van der Waals surface area contributed by atoms with Crippen LogP contribution in [0.3, 0.4) is 0 Å². The Morgan fingerprint density at radius 1 is 0.207 bits per heavy atom. The second-order valence-electron chi connectivity index (χ2n) is 20.0. The third-order valence-corrected chi connectivity index (χ3v) is 15.0. The van der Waals surface area contributed by atoms with Crippen molar-refractivity contribution in [1.29, 1.82) is 0 Å². The van der Waals surface area contributed by atoms with Gasteiger partial charge >= 0.3 is 0 Å². The highest BCUT2D eigenvalue weighted by Gasteiger charge is 2.26. The normalized spacial score (nSPS) is 11.4. The van der Waals surface area contributed by atoms with Gasteiger partial charge in [-0.2, -0.15) is 19.9 Å². The molecule has 0 amide bonds. The van der Waals surface area contributed by atoms with Gasteiger partial charge in [0.25, 0.3) is 0 Å². The minimum atomic E-state index is 0.490. The summed E-state index contributed by atoms with van der Waals surface area (Å²) in [7, 11) is 0. The molecule has 0 unspecified atom stereocenters. The summed E-state index contributed by atoms with van der Waals surface area (Å²) < 4.78 is 4.42. The Hall–Kier alpha value is -11.4. The molecular weight excluding hydrogens is 1000 g/mol. The molecule has 10 heteroatoms. The van der Waals surface area contributed by atoms with Crippen molar-refractivity contribution >= 4 is 77.7 Å². The van der Waals surface area contributed by atoms with Crippen molar-refractivity contribution in [2.24, 2.45) is 0 Å². The molecule has 0 aliphatic rings. The first kappa shape index (κ1) is 47.8. The van der Waals surface area contributed by atoms with Crippen LogP contribution in [0.5, 0.6) is 0 Å². The van der Waals surface area contributed by atoms with Crippen LogP contribution >= 0.6 is 0 Å². The van der Waals surface area contributed by atoms with Gasteiger partial charge in [-0.1, -0.05) is 194 Å². The maximum atomic E-state index is 5.39. The zero-order valence-corrected chi connectivity index (χ0v) is 44.2. The number of aromatic nitrogens is 8. The summed E-state index contributed by atoms with van der Waals surface area (Å²) >= 11 is 0. The number of nitrogens with zero attached hydrogens (tertiary/aromatic N) is 10. The number of fused-ring (bicyclic) bond motifs is 6. The highest BCUT2D eigenvalue weighted by Crippen LogP contribution is 2.45. The molecule has 0 saturated heterocycles. The lowest BCUT2D eigenvalue weighted by molar-refractivity contribution is 0.951. The molecule has 4 aromatic heterocycles. The molecule has 15 rings (SSSR count). The number of hydrogen-bond acceptors (Lipinski definition) is 8. The molecule has 15 aromatic rings. The van der Waals surface area contributed by atoms with Gasteiger partial charge in [-0.05, 0) is 97.1 Å². The lowest BCUT2D eigenvalue weighted by Gasteiger charge is -2.25. The van der Waals surface area contributed by atoms with Crippen molar-refractivity contribution in [3.05, 3.63) is 291 Å². The average Bonchev–Trinajstić information content (AvgIpc) is 3.37. The predicted octanol–water partition coefficient (Wildman–Crippen LogP) is 17.9. The van der Waals surface area contributed by atoms with Gasteiger partial charge in [-0.15, -0.1) is 0 Å². The highest BCUT2D eigenvalue weighted by molar-refractivity contribution is 6.20. The first-order valence-electron chi connectivity index (χ1n) is 27.3. The van der Waals surface area contributed by atoms with E-state index in [9.17, 15) is 0 Å². The van der Waals surface area contributed by atoms with Gasteiger partial charge < -0.3 is 9.80 Å². The Kier molecular flexibility index (Phi) is 11.9. The van der Waals surface area contributed by atoms with Crippen LogP contribution in [0.4, 0.5) is 34.1 Å². The maximum Gasteiger partial charge on any atom is 0.238 e. The van der Waals surface area contributed by atoms with E-state index in [1.807, 2.05) is 121 Å². The molecule has 82 heavy (non-hydrogen) atoms. The minimum absolute atomic E-state index is 0.490. The van der Waals surface area contributed by atoms with E-state index in [0.717, 1.165) is 100.0 Å². The van der Waals surface area contributed by atoms with Gasteiger partial charge in [-0.3, -0.25) is 9.13 Å². The van der Waals surface area contributed by atoms with Crippen LogP contribution < -0.4 is 9.80 Å². The molecule has 0 aliphatic heterocycles. The molecular formula is C72H48N10. The lowest BCUT2D eigenvalue weighted by atomic mass is 10.1. The van der Waals surface area contributed by atoms with Gasteiger partial charge in [0.05, 0.1) is 22.1 Å². The fraction of sp³-hybridized carbons (Fsp3) is 0. The number of benzene rings is 11. The molecule has 10 nitrogen and oxygen atoms in total. The molecule has 0 N–H and O–H groups in total. The molecule has 11 aromatic carbocycles.